The van der Waals surface area contributed by atoms with Crippen LogP contribution in [0.25, 0.3) is 0 Å². The van der Waals surface area contributed by atoms with E-state index >= 15 is 0 Å². The predicted octanol–water partition coefficient (Wildman–Crippen LogP) is 5.21. The quantitative estimate of drug-likeness (QED) is 0.669. The van der Waals surface area contributed by atoms with Gasteiger partial charge in [0.05, 0.1) is 6.04 Å². The third kappa shape index (κ3) is 3.28. The maximum absolute atomic E-state index is 6.27. The van der Waals surface area contributed by atoms with Gasteiger partial charge in [-0.15, -0.1) is 0 Å². The monoisotopic (exact) mass is 363 g/mol. The van der Waals surface area contributed by atoms with Crippen molar-refractivity contribution in [3.63, 3.8) is 0 Å². The minimum atomic E-state index is 0.0325. The summed E-state index contributed by atoms with van der Waals surface area (Å²) in [6.45, 7) is 0. The van der Waals surface area contributed by atoms with E-state index in [0.29, 0.717) is 0 Å². The van der Waals surface area contributed by atoms with Crippen LogP contribution in [-0.2, 0) is 0 Å². The van der Waals surface area contributed by atoms with Crippen LogP contribution in [0, 0.1) is 0 Å². The normalized spacial score (nSPS) is 18.7. The highest BCUT2D eigenvalue weighted by atomic mass is 35.5. The average Bonchev–Trinajstić information content (AvgIpc) is 2.68. The lowest BCUT2D eigenvalue weighted by Crippen LogP contribution is -2.37. The molecule has 1 aliphatic heterocycles. The van der Waals surface area contributed by atoms with Gasteiger partial charge in [0.2, 0.25) is 0 Å². The molecule has 4 heteroatoms. The number of halogens is 1. The van der Waals surface area contributed by atoms with E-state index in [0.717, 1.165) is 10.7 Å². The first-order chi connectivity index (χ1) is 12.6. The number of hydrogen-bond acceptors (Lipinski definition) is 3. The molecule has 3 nitrogen and oxygen atoms in total. The van der Waals surface area contributed by atoms with Gasteiger partial charge < -0.3 is 10.2 Å². The molecule has 3 aromatic carbocycles. The minimum Gasteiger partial charge on any atom is -0.378 e. The summed E-state index contributed by atoms with van der Waals surface area (Å²) < 4.78 is 0. The van der Waals surface area contributed by atoms with Crippen LogP contribution in [0.1, 0.15) is 28.9 Å². The van der Waals surface area contributed by atoms with E-state index in [2.05, 4.69) is 84.2 Å². The molecule has 0 amide bonds. The summed E-state index contributed by atoms with van der Waals surface area (Å²) in [7, 11) is 4.11. The Morgan fingerprint density at radius 1 is 0.846 bits per heavy atom. The van der Waals surface area contributed by atoms with Crippen LogP contribution in [-0.4, -0.2) is 14.1 Å². The number of nitrogens with zero attached hydrogens (tertiary/aromatic N) is 1. The van der Waals surface area contributed by atoms with Crippen LogP contribution in [0.5, 0.6) is 0 Å². The van der Waals surface area contributed by atoms with Gasteiger partial charge in [-0.2, -0.15) is 0 Å². The molecule has 2 N–H and O–H groups in total. The van der Waals surface area contributed by atoms with E-state index in [9.17, 15) is 0 Å². The Bertz CT molecular complexity index is 891. The second kappa shape index (κ2) is 7.02. The van der Waals surface area contributed by atoms with Gasteiger partial charge >= 0.3 is 0 Å². The molecule has 0 saturated heterocycles. The Morgan fingerprint density at radius 2 is 1.58 bits per heavy atom. The smallest absolute Gasteiger partial charge is 0.104 e. The summed E-state index contributed by atoms with van der Waals surface area (Å²) in [5.41, 5.74) is 5.91. The first kappa shape index (κ1) is 17.0. The fourth-order valence-corrected chi connectivity index (χ4v) is 3.60. The van der Waals surface area contributed by atoms with Crippen molar-refractivity contribution in [3.8, 4) is 0 Å². The van der Waals surface area contributed by atoms with Crippen molar-refractivity contribution in [1.82, 2.24) is 5.32 Å². The largest absolute Gasteiger partial charge is 0.378 e. The Balaban J connectivity index is 1.72. The van der Waals surface area contributed by atoms with E-state index in [1.807, 2.05) is 18.2 Å². The molecule has 1 aliphatic rings. The molecule has 0 fully saturated rings. The zero-order valence-corrected chi connectivity index (χ0v) is 15.7. The SMILES string of the molecule is CN(C)c1ccc([C@H]2Nc3ccc(Cl)cc3[C@H](c3ccccc3)N2)cc1. The first-order valence-electron chi connectivity index (χ1n) is 8.76. The van der Waals surface area contributed by atoms with Gasteiger partial charge in [-0.1, -0.05) is 54.1 Å². The molecule has 0 spiro atoms. The highest BCUT2D eigenvalue weighted by Gasteiger charge is 2.27. The molecule has 3 aromatic rings. The summed E-state index contributed by atoms with van der Waals surface area (Å²) in [4.78, 5) is 2.11. The van der Waals surface area contributed by atoms with E-state index < -0.39 is 0 Å². The fraction of sp³-hybridized carbons (Fsp3) is 0.182. The second-order valence-corrected chi connectivity index (χ2v) is 7.24. The van der Waals surface area contributed by atoms with Crippen LogP contribution in [0.3, 0.4) is 0 Å². The van der Waals surface area contributed by atoms with Crippen LogP contribution < -0.4 is 15.5 Å². The lowest BCUT2D eigenvalue weighted by Gasteiger charge is -2.35. The van der Waals surface area contributed by atoms with Gasteiger partial charge in [-0.3, -0.25) is 5.32 Å². The van der Waals surface area contributed by atoms with Crippen molar-refractivity contribution >= 4 is 23.0 Å². The summed E-state index contributed by atoms with van der Waals surface area (Å²) >= 11 is 6.27. The number of rotatable bonds is 3. The predicted molar refractivity (Wildman–Crippen MR) is 110 cm³/mol. The fourth-order valence-electron chi connectivity index (χ4n) is 3.42. The van der Waals surface area contributed by atoms with Gasteiger partial charge in [0, 0.05) is 30.5 Å². The van der Waals surface area contributed by atoms with Crippen molar-refractivity contribution in [2.45, 2.75) is 12.2 Å². The van der Waals surface area contributed by atoms with Crippen LogP contribution in [0.4, 0.5) is 11.4 Å². The highest BCUT2D eigenvalue weighted by Crippen LogP contribution is 2.38. The van der Waals surface area contributed by atoms with Crippen LogP contribution in [0.2, 0.25) is 5.02 Å². The first-order valence-corrected chi connectivity index (χ1v) is 9.14. The molecule has 0 bridgehead atoms. The van der Waals surface area contributed by atoms with Crippen molar-refractivity contribution in [2.24, 2.45) is 0 Å². The summed E-state index contributed by atoms with van der Waals surface area (Å²) in [6.07, 6.45) is 0.0325. The maximum atomic E-state index is 6.27. The summed E-state index contributed by atoms with van der Waals surface area (Å²) in [6, 6.07) is 25.3. The molecule has 0 saturated carbocycles. The molecular weight excluding hydrogens is 342 g/mol. The Kier molecular flexibility index (Phi) is 4.58. The van der Waals surface area contributed by atoms with E-state index in [1.54, 1.807) is 0 Å². The van der Waals surface area contributed by atoms with E-state index in [1.165, 1.54) is 22.4 Å². The van der Waals surface area contributed by atoms with E-state index in [4.69, 9.17) is 11.6 Å². The van der Waals surface area contributed by atoms with Gasteiger partial charge in [0.25, 0.3) is 0 Å². The van der Waals surface area contributed by atoms with Crippen molar-refractivity contribution in [3.05, 3.63) is 94.5 Å². The topological polar surface area (TPSA) is 27.3 Å². The van der Waals surface area contributed by atoms with Crippen LogP contribution >= 0.6 is 11.6 Å². The van der Waals surface area contributed by atoms with Gasteiger partial charge in [-0.25, -0.2) is 0 Å². The molecule has 0 aromatic heterocycles. The second-order valence-electron chi connectivity index (χ2n) is 6.81. The van der Waals surface area contributed by atoms with Crippen molar-refractivity contribution in [2.75, 3.05) is 24.3 Å². The zero-order valence-electron chi connectivity index (χ0n) is 14.9. The third-order valence-corrected chi connectivity index (χ3v) is 5.07. The Labute approximate surface area is 159 Å². The van der Waals surface area contributed by atoms with Crippen molar-refractivity contribution in [1.29, 1.82) is 0 Å². The molecule has 0 unspecified atom stereocenters. The molecule has 2 atom stereocenters. The molecule has 26 heavy (non-hydrogen) atoms. The average molecular weight is 364 g/mol. The molecule has 0 aliphatic carbocycles. The van der Waals surface area contributed by atoms with Gasteiger partial charge in [0.15, 0.2) is 0 Å². The number of anilines is 2. The lowest BCUT2D eigenvalue weighted by atomic mass is 9.93. The number of nitrogens with one attached hydrogen (secondary N) is 2. The van der Waals surface area contributed by atoms with Gasteiger partial charge in [-0.05, 0) is 47.0 Å². The highest BCUT2D eigenvalue weighted by molar-refractivity contribution is 6.30. The third-order valence-electron chi connectivity index (χ3n) is 4.83. The number of fused-ring (bicyclic) bond motifs is 1. The maximum Gasteiger partial charge on any atom is 0.104 e. The van der Waals surface area contributed by atoms with Crippen molar-refractivity contribution < 1.29 is 0 Å². The number of hydrogen-bond donors (Lipinski definition) is 2. The Morgan fingerprint density at radius 3 is 2.27 bits per heavy atom. The standard InChI is InChI=1S/C22H22ClN3/c1-26(2)18-11-8-16(9-12-18)22-24-20-13-10-17(23)14-19(20)21(25-22)15-6-4-3-5-7-15/h3-14,21-22,24-25H,1-2H3/t21-,22-/m0/s1. The lowest BCUT2D eigenvalue weighted by molar-refractivity contribution is 0.506. The summed E-state index contributed by atoms with van der Waals surface area (Å²) in [5.74, 6) is 0. The molecule has 1 heterocycles. The minimum absolute atomic E-state index is 0.0325. The molecule has 132 valence electrons. The van der Waals surface area contributed by atoms with Crippen LogP contribution in [0.15, 0.2) is 72.8 Å². The van der Waals surface area contributed by atoms with E-state index in [-0.39, 0.29) is 12.2 Å². The molecular formula is C22H22ClN3. The van der Waals surface area contributed by atoms with Gasteiger partial charge in [0.1, 0.15) is 6.17 Å². The number of benzene rings is 3. The zero-order chi connectivity index (χ0) is 18.1. The summed E-state index contributed by atoms with van der Waals surface area (Å²) in [5, 5.41) is 8.09. The molecule has 4 rings (SSSR count). The molecule has 0 radical (unpaired) electrons. The Hall–Kier alpha value is -2.49.